The fourth-order valence-electron chi connectivity index (χ4n) is 1.42. The third-order valence-corrected chi connectivity index (χ3v) is 4.92. The molecule has 0 bridgehead atoms. The second-order valence-corrected chi connectivity index (χ2v) is 6.71. The first-order chi connectivity index (χ1) is 8.06. The first kappa shape index (κ1) is 13.1. The van der Waals surface area contributed by atoms with Crippen LogP contribution in [0, 0.1) is 12.7 Å². The number of hydrogen-bond acceptors (Lipinski definition) is 2. The van der Waals surface area contributed by atoms with E-state index < -0.39 is 0 Å². The summed E-state index contributed by atoms with van der Waals surface area (Å²) in [7, 11) is 0. The van der Waals surface area contributed by atoms with Crippen molar-refractivity contribution < 1.29 is 4.39 Å². The molecule has 1 N–H and O–H groups in total. The van der Waals surface area contributed by atoms with Gasteiger partial charge in [-0.2, -0.15) is 0 Å². The van der Waals surface area contributed by atoms with Gasteiger partial charge in [-0.25, -0.2) is 4.39 Å². The van der Waals surface area contributed by atoms with Crippen LogP contribution >= 0.6 is 43.2 Å². The van der Waals surface area contributed by atoms with E-state index in [0.717, 1.165) is 8.95 Å². The lowest BCUT2D eigenvalue weighted by atomic mass is 10.3. The molecule has 0 fully saturated rings. The predicted molar refractivity (Wildman–Crippen MR) is 78.2 cm³/mol. The van der Waals surface area contributed by atoms with E-state index in [1.807, 2.05) is 6.07 Å². The highest BCUT2D eigenvalue weighted by atomic mass is 79.9. The van der Waals surface area contributed by atoms with Crippen molar-refractivity contribution in [2.75, 3.05) is 5.32 Å². The second-order valence-electron chi connectivity index (χ2n) is 3.59. The van der Waals surface area contributed by atoms with Gasteiger partial charge in [0.1, 0.15) is 5.82 Å². The molecule has 0 saturated carbocycles. The zero-order valence-electron chi connectivity index (χ0n) is 9.06. The van der Waals surface area contributed by atoms with Crippen LogP contribution in [0.25, 0.3) is 0 Å². The van der Waals surface area contributed by atoms with Gasteiger partial charge < -0.3 is 5.32 Å². The van der Waals surface area contributed by atoms with Crippen molar-refractivity contribution in [3.05, 3.63) is 48.8 Å². The molecule has 1 heterocycles. The van der Waals surface area contributed by atoms with Gasteiger partial charge in [0, 0.05) is 25.2 Å². The van der Waals surface area contributed by atoms with Gasteiger partial charge in [-0.15, -0.1) is 11.3 Å². The number of anilines is 1. The number of halogens is 3. The quantitative estimate of drug-likeness (QED) is 0.760. The third kappa shape index (κ3) is 3.30. The lowest BCUT2D eigenvalue weighted by Gasteiger charge is -2.06. The van der Waals surface area contributed by atoms with Gasteiger partial charge in [-0.05, 0) is 47.1 Å². The fraction of sp³-hybridized carbons (Fsp3) is 0.167. The highest BCUT2D eigenvalue weighted by molar-refractivity contribution is 9.10. The minimum Gasteiger partial charge on any atom is -0.378 e. The summed E-state index contributed by atoms with van der Waals surface area (Å²) in [6.45, 7) is 2.69. The van der Waals surface area contributed by atoms with Crippen molar-refractivity contribution in [1.29, 1.82) is 0 Å². The molecule has 0 unspecified atom stereocenters. The van der Waals surface area contributed by atoms with Gasteiger partial charge in [0.25, 0.3) is 0 Å². The maximum absolute atomic E-state index is 13.5. The highest BCUT2D eigenvalue weighted by Gasteiger charge is 2.05. The molecule has 0 saturated heterocycles. The average Bonchev–Trinajstić information content (AvgIpc) is 2.57. The Labute approximate surface area is 120 Å². The van der Waals surface area contributed by atoms with Crippen LogP contribution in [-0.2, 0) is 6.54 Å². The third-order valence-electron chi connectivity index (χ3n) is 2.29. The van der Waals surface area contributed by atoms with Gasteiger partial charge in [-0.1, -0.05) is 15.9 Å². The van der Waals surface area contributed by atoms with Crippen molar-refractivity contribution in [2.24, 2.45) is 0 Å². The van der Waals surface area contributed by atoms with E-state index in [9.17, 15) is 4.39 Å². The Morgan fingerprint density at radius 3 is 2.65 bits per heavy atom. The van der Waals surface area contributed by atoms with Gasteiger partial charge in [-0.3, -0.25) is 0 Å². The zero-order valence-corrected chi connectivity index (χ0v) is 13.0. The molecule has 1 nitrogen and oxygen atoms in total. The SMILES string of the molecule is Cc1sc(CNc2ccc(Br)cc2F)cc1Br. The molecule has 1 aromatic carbocycles. The van der Waals surface area contributed by atoms with E-state index in [-0.39, 0.29) is 5.82 Å². The minimum absolute atomic E-state index is 0.244. The van der Waals surface area contributed by atoms with Crippen LogP contribution in [0.5, 0.6) is 0 Å². The van der Waals surface area contributed by atoms with Gasteiger partial charge in [0.05, 0.1) is 5.69 Å². The Kier molecular flexibility index (Phi) is 4.22. The normalized spacial score (nSPS) is 10.6. The Morgan fingerprint density at radius 2 is 2.06 bits per heavy atom. The molecule has 0 aliphatic carbocycles. The van der Waals surface area contributed by atoms with Crippen LogP contribution in [-0.4, -0.2) is 0 Å². The number of thiophene rings is 1. The standard InChI is InChI=1S/C12H10Br2FNS/c1-7-10(14)5-9(17-7)6-16-12-3-2-8(13)4-11(12)15/h2-5,16H,6H2,1H3. The minimum atomic E-state index is -0.244. The lowest BCUT2D eigenvalue weighted by Crippen LogP contribution is -1.99. The van der Waals surface area contributed by atoms with Crippen molar-refractivity contribution in [1.82, 2.24) is 0 Å². The maximum atomic E-state index is 13.5. The Bertz CT molecular complexity index is 520. The smallest absolute Gasteiger partial charge is 0.147 e. The molecular weight excluding hydrogens is 369 g/mol. The molecule has 5 heteroatoms. The summed E-state index contributed by atoms with van der Waals surface area (Å²) in [6.07, 6.45) is 0. The molecule has 0 aliphatic heterocycles. The summed E-state index contributed by atoms with van der Waals surface area (Å²) in [5, 5.41) is 3.09. The van der Waals surface area contributed by atoms with E-state index in [2.05, 4.69) is 50.2 Å². The topological polar surface area (TPSA) is 12.0 Å². The van der Waals surface area contributed by atoms with Crippen LogP contribution in [0.2, 0.25) is 0 Å². The van der Waals surface area contributed by atoms with Gasteiger partial charge in [0.2, 0.25) is 0 Å². The van der Waals surface area contributed by atoms with E-state index in [1.54, 1.807) is 17.4 Å². The largest absolute Gasteiger partial charge is 0.378 e. The molecule has 17 heavy (non-hydrogen) atoms. The van der Waals surface area contributed by atoms with Crippen LogP contribution < -0.4 is 5.32 Å². The first-order valence-electron chi connectivity index (χ1n) is 5.00. The van der Waals surface area contributed by atoms with Crippen molar-refractivity contribution in [3.63, 3.8) is 0 Å². The Hall–Kier alpha value is -0.390. The fourth-order valence-corrected chi connectivity index (χ4v) is 3.29. The summed E-state index contributed by atoms with van der Waals surface area (Å²) in [6, 6.07) is 7.07. The first-order valence-corrected chi connectivity index (χ1v) is 7.40. The summed E-state index contributed by atoms with van der Waals surface area (Å²) in [4.78, 5) is 2.41. The molecule has 0 spiro atoms. The van der Waals surface area contributed by atoms with Crippen molar-refractivity contribution in [3.8, 4) is 0 Å². The van der Waals surface area contributed by atoms with Crippen LogP contribution in [0.4, 0.5) is 10.1 Å². The summed E-state index contributed by atoms with van der Waals surface area (Å²) in [5.41, 5.74) is 0.523. The monoisotopic (exact) mass is 377 g/mol. The van der Waals surface area contributed by atoms with E-state index in [4.69, 9.17) is 0 Å². The molecule has 0 amide bonds. The summed E-state index contributed by atoms with van der Waals surface area (Å²) >= 11 is 8.40. The molecule has 0 radical (unpaired) electrons. The Balaban J connectivity index is 2.07. The summed E-state index contributed by atoms with van der Waals surface area (Å²) < 4.78 is 15.4. The van der Waals surface area contributed by atoms with E-state index in [1.165, 1.54) is 15.8 Å². The molecule has 2 aromatic rings. The number of rotatable bonds is 3. The molecule has 2 rings (SSSR count). The predicted octanol–water partition coefficient (Wildman–Crippen LogP) is 5.33. The molecule has 90 valence electrons. The maximum Gasteiger partial charge on any atom is 0.147 e. The van der Waals surface area contributed by atoms with E-state index in [0.29, 0.717) is 12.2 Å². The van der Waals surface area contributed by atoms with Crippen molar-refractivity contribution >= 4 is 48.9 Å². The number of nitrogens with one attached hydrogen (secondary N) is 1. The lowest BCUT2D eigenvalue weighted by molar-refractivity contribution is 0.629. The number of aryl methyl sites for hydroxylation is 1. The Morgan fingerprint density at radius 1 is 1.29 bits per heavy atom. The molecular formula is C12H10Br2FNS. The van der Waals surface area contributed by atoms with Crippen LogP contribution in [0.3, 0.4) is 0 Å². The van der Waals surface area contributed by atoms with E-state index >= 15 is 0 Å². The number of hydrogen-bond donors (Lipinski definition) is 1. The second kappa shape index (κ2) is 5.50. The van der Waals surface area contributed by atoms with Gasteiger partial charge in [0.15, 0.2) is 0 Å². The van der Waals surface area contributed by atoms with Crippen LogP contribution in [0.1, 0.15) is 9.75 Å². The van der Waals surface area contributed by atoms with Crippen LogP contribution in [0.15, 0.2) is 33.2 Å². The zero-order chi connectivity index (χ0) is 12.4. The molecule has 1 aromatic heterocycles. The highest BCUT2D eigenvalue weighted by Crippen LogP contribution is 2.27. The average molecular weight is 379 g/mol. The van der Waals surface area contributed by atoms with Crippen molar-refractivity contribution in [2.45, 2.75) is 13.5 Å². The molecule has 0 atom stereocenters. The molecule has 0 aliphatic rings. The van der Waals surface area contributed by atoms with Gasteiger partial charge >= 0.3 is 0 Å². The number of benzene rings is 1. The summed E-state index contributed by atoms with van der Waals surface area (Å²) in [5.74, 6) is -0.244.